The molecule has 0 unspecified atom stereocenters. The summed E-state index contributed by atoms with van der Waals surface area (Å²) < 4.78 is 22.0. The topological polar surface area (TPSA) is 34.1 Å². The number of benzene rings is 1. The molecule has 0 aromatic heterocycles. The Morgan fingerprint density at radius 2 is 1.72 bits per heavy atom. The molecule has 2 nitrogen and oxygen atoms in total. The van der Waals surface area contributed by atoms with E-state index in [2.05, 4.69) is 26.0 Å². The van der Waals surface area contributed by atoms with Crippen LogP contribution in [-0.4, -0.2) is 8.42 Å². The molecule has 0 aliphatic carbocycles. The summed E-state index contributed by atoms with van der Waals surface area (Å²) in [5.41, 5.74) is 3.46. The normalized spacial score (nSPS) is 11.1. The SMILES string of the molecule is CCCCCCc1cccc(CC)c1C[SH](=O)=O. The van der Waals surface area contributed by atoms with Gasteiger partial charge in [-0.1, -0.05) is 51.3 Å². The maximum Gasteiger partial charge on any atom is 0.144 e. The summed E-state index contributed by atoms with van der Waals surface area (Å²) in [5.74, 6) is 0.197. The van der Waals surface area contributed by atoms with Gasteiger partial charge in [-0.3, -0.25) is 0 Å². The summed E-state index contributed by atoms with van der Waals surface area (Å²) in [7, 11) is -2.34. The Morgan fingerprint density at radius 1 is 1.00 bits per heavy atom. The monoisotopic (exact) mass is 268 g/mol. The lowest BCUT2D eigenvalue weighted by atomic mass is 9.96. The van der Waals surface area contributed by atoms with Gasteiger partial charge in [0.2, 0.25) is 0 Å². The smallest absolute Gasteiger partial charge is 0.144 e. The lowest BCUT2D eigenvalue weighted by Gasteiger charge is -2.11. The number of unbranched alkanes of at least 4 members (excludes halogenated alkanes) is 3. The van der Waals surface area contributed by atoms with Gasteiger partial charge in [-0.25, -0.2) is 8.42 Å². The van der Waals surface area contributed by atoms with Crippen LogP contribution in [0.25, 0.3) is 0 Å². The maximum absolute atomic E-state index is 11.0. The van der Waals surface area contributed by atoms with Crippen LogP contribution in [0.15, 0.2) is 18.2 Å². The van der Waals surface area contributed by atoms with Crippen molar-refractivity contribution in [2.24, 2.45) is 0 Å². The molecule has 0 spiro atoms. The Kier molecular flexibility index (Phi) is 7.02. The van der Waals surface area contributed by atoms with Crippen LogP contribution in [0.3, 0.4) is 0 Å². The van der Waals surface area contributed by atoms with Crippen LogP contribution < -0.4 is 0 Å². The molecular weight excluding hydrogens is 244 g/mol. The third-order valence-electron chi connectivity index (χ3n) is 3.34. The Bertz CT molecular complexity index is 428. The predicted octanol–water partition coefficient (Wildman–Crippen LogP) is 3.48. The zero-order chi connectivity index (χ0) is 13.4. The summed E-state index contributed by atoms with van der Waals surface area (Å²) >= 11 is 0. The summed E-state index contributed by atoms with van der Waals surface area (Å²) in [6.45, 7) is 4.28. The van der Waals surface area contributed by atoms with Crippen LogP contribution in [-0.2, 0) is 29.3 Å². The number of rotatable bonds is 8. The third-order valence-corrected chi connectivity index (χ3v) is 3.91. The van der Waals surface area contributed by atoms with Crippen molar-refractivity contribution in [1.29, 1.82) is 0 Å². The molecule has 0 bridgehead atoms. The van der Waals surface area contributed by atoms with E-state index in [9.17, 15) is 8.42 Å². The minimum atomic E-state index is -2.34. The molecular formula is C15H24O2S. The summed E-state index contributed by atoms with van der Waals surface area (Å²) in [5, 5.41) is 0. The van der Waals surface area contributed by atoms with E-state index in [1.165, 1.54) is 30.4 Å². The number of hydrogen-bond acceptors (Lipinski definition) is 2. The van der Waals surface area contributed by atoms with Crippen molar-refractivity contribution in [3.63, 3.8) is 0 Å². The molecule has 1 aromatic rings. The lowest BCUT2D eigenvalue weighted by molar-refractivity contribution is 0.613. The van der Waals surface area contributed by atoms with Gasteiger partial charge in [0.05, 0.1) is 5.75 Å². The minimum Gasteiger partial charge on any atom is -0.232 e. The minimum absolute atomic E-state index is 0.197. The molecule has 0 amide bonds. The van der Waals surface area contributed by atoms with Crippen molar-refractivity contribution in [2.75, 3.05) is 0 Å². The summed E-state index contributed by atoms with van der Waals surface area (Å²) in [6.07, 6.45) is 6.79. The number of hydrogen-bond donors (Lipinski definition) is 1. The highest BCUT2D eigenvalue weighted by molar-refractivity contribution is 7.71. The van der Waals surface area contributed by atoms with Gasteiger partial charge in [0.1, 0.15) is 10.7 Å². The van der Waals surface area contributed by atoms with Crippen molar-refractivity contribution in [1.82, 2.24) is 0 Å². The largest absolute Gasteiger partial charge is 0.232 e. The molecule has 0 aliphatic heterocycles. The molecule has 0 aliphatic rings. The molecule has 1 rings (SSSR count). The Hall–Kier alpha value is -0.830. The second kappa shape index (κ2) is 8.30. The van der Waals surface area contributed by atoms with Crippen LogP contribution in [0.4, 0.5) is 0 Å². The second-order valence-corrected chi connectivity index (χ2v) is 5.69. The van der Waals surface area contributed by atoms with Crippen LogP contribution in [0.2, 0.25) is 0 Å². The van der Waals surface area contributed by atoms with Crippen molar-refractivity contribution in [3.05, 3.63) is 34.9 Å². The van der Waals surface area contributed by atoms with E-state index in [1.54, 1.807) is 0 Å². The Labute approximate surface area is 112 Å². The molecule has 0 N–H and O–H groups in total. The van der Waals surface area contributed by atoms with E-state index in [0.717, 1.165) is 24.8 Å². The first-order valence-corrected chi connectivity index (χ1v) is 8.26. The molecule has 0 saturated carbocycles. The number of aryl methyl sites for hydroxylation is 2. The average Bonchev–Trinajstić information content (AvgIpc) is 2.35. The van der Waals surface area contributed by atoms with Gasteiger partial charge in [-0.2, -0.15) is 0 Å². The van der Waals surface area contributed by atoms with Gasteiger partial charge in [0, 0.05) is 0 Å². The lowest BCUT2D eigenvalue weighted by Crippen LogP contribution is -2.01. The van der Waals surface area contributed by atoms with E-state index < -0.39 is 10.7 Å². The van der Waals surface area contributed by atoms with Gasteiger partial charge in [-0.15, -0.1) is 0 Å². The average molecular weight is 268 g/mol. The molecule has 3 heteroatoms. The van der Waals surface area contributed by atoms with E-state index in [0.29, 0.717) is 0 Å². The zero-order valence-corrected chi connectivity index (χ0v) is 12.3. The maximum atomic E-state index is 11.0. The highest BCUT2D eigenvalue weighted by Crippen LogP contribution is 2.19. The van der Waals surface area contributed by atoms with Crippen molar-refractivity contribution >= 4 is 10.7 Å². The van der Waals surface area contributed by atoms with E-state index in [1.807, 2.05) is 6.07 Å². The van der Waals surface area contributed by atoms with Crippen LogP contribution >= 0.6 is 0 Å². The fourth-order valence-corrected chi connectivity index (χ4v) is 2.99. The molecule has 0 fully saturated rings. The highest BCUT2D eigenvalue weighted by Gasteiger charge is 2.08. The summed E-state index contributed by atoms with van der Waals surface area (Å²) in [6, 6.07) is 6.18. The first-order valence-electron chi connectivity index (χ1n) is 6.90. The standard InChI is InChI=1S/C15H24O2S/c1-3-5-6-7-9-14-11-8-10-13(4-2)15(14)12-18(16)17/h8,10-11,18H,3-7,9,12H2,1-2H3. The molecule has 18 heavy (non-hydrogen) atoms. The van der Waals surface area contributed by atoms with Gasteiger partial charge in [0.15, 0.2) is 0 Å². The summed E-state index contributed by atoms with van der Waals surface area (Å²) in [4.78, 5) is 0. The number of thiol groups is 1. The van der Waals surface area contributed by atoms with Crippen LogP contribution in [0, 0.1) is 0 Å². The predicted molar refractivity (Wildman–Crippen MR) is 77.7 cm³/mol. The molecule has 0 radical (unpaired) electrons. The Balaban J connectivity index is 2.81. The molecule has 0 atom stereocenters. The van der Waals surface area contributed by atoms with Crippen molar-refractivity contribution in [2.45, 2.75) is 58.1 Å². The molecule has 102 valence electrons. The van der Waals surface area contributed by atoms with E-state index in [-0.39, 0.29) is 5.75 Å². The van der Waals surface area contributed by atoms with E-state index in [4.69, 9.17) is 0 Å². The van der Waals surface area contributed by atoms with Crippen molar-refractivity contribution < 1.29 is 8.42 Å². The first kappa shape index (κ1) is 15.2. The highest BCUT2D eigenvalue weighted by atomic mass is 32.2. The van der Waals surface area contributed by atoms with E-state index >= 15 is 0 Å². The zero-order valence-electron chi connectivity index (χ0n) is 11.4. The molecule has 0 heterocycles. The molecule has 0 saturated heterocycles. The fraction of sp³-hybridized carbons (Fsp3) is 0.600. The van der Waals surface area contributed by atoms with Gasteiger partial charge in [0.25, 0.3) is 0 Å². The van der Waals surface area contributed by atoms with Crippen molar-refractivity contribution in [3.8, 4) is 0 Å². The van der Waals surface area contributed by atoms with Gasteiger partial charge in [-0.05, 0) is 36.0 Å². The quantitative estimate of drug-likeness (QED) is 0.578. The van der Waals surface area contributed by atoms with Gasteiger partial charge < -0.3 is 0 Å². The van der Waals surface area contributed by atoms with Gasteiger partial charge >= 0.3 is 0 Å². The van der Waals surface area contributed by atoms with Crippen LogP contribution in [0.5, 0.6) is 0 Å². The fourth-order valence-electron chi connectivity index (χ4n) is 2.33. The second-order valence-electron chi connectivity index (χ2n) is 4.71. The third kappa shape index (κ3) is 4.81. The Morgan fingerprint density at radius 3 is 2.33 bits per heavy atom. The molecule has 1 aromatic carbocycles. The first-order chi connectivity index (χ1) is 8.69. The van der Waals surface area contributed by atoms with Crippen LogP contribution in [0.1, 0.15) is 56.2 Å².